The van der Waals surface area contributed by atoms with Gasteiger partial charge in [0.05, 0.1) is 17.6 Å². The molecule has 0 aliphatic carbocycles. The third kappa shape index (κ3) is 4.07. The molecule has 0 aliphatic heterocycles. The molecule has 166 valence electrons. The first-order valence-electron chi connectivity index (χ1n) is 10.6. The number of anilines is 1. The number of rotatable bonds is 5. The van der Waals surface area contributed by atoms with Crippen molar-refractivity contribution in [1.82, 2.24) is 14.6 Å². The van der Waals surface area contributed by atoms with E-state index < -0.39 is 5.91 Å². The van der Waals surface area contributed by atoms with Crippen LogP contribution >= 0.6 is 11.6 Å². The summed E-state index contributed by atoms with van der Waals surface area (Å²) in [7, 11) is 0. The highest BCUT2D eigenvalue weighted by Crippen LogP contribution is 2.26. The molecule has 5 rings (SSSR count). The second-order valence-electron chi connectivity index (χ2n) is 7.83. The standard InChI is InChI=1S/C27H19ClN4O2/c1-17-7-9-18(10-8-17)24-13-14-29-26-22(16-30-32(24)26)27(34)31-23-12-11-20(28)15-21(23)25(33)19-5-3-2-4-6-19/h2-16H,1H3,(H,31,34). The predicted octanol–water partition coefficient (Wildman–Crippen LogP) is 5.84. The first-order valence-corrected chi connectivity index (χ1v) is 11.0. The number of carbonyl (C=O) groups excluding carboxylic acids is 2. The number of ketones is 1. The molecule has 0 aliphatic rings. The van der Waals surface area contributed by atoms with E-state index in [4.69, 9.17) is 11.6 Å². The molecule has 0 bridgehead atoms. The average molecular weight is 467 g/mol. The molecular formula is C27H19ClN4O2. The number of hydrogen-bond donors (Lipinski definition) is 1. The number of benzene rings is 3. The van der Waals surface area contributed by atoms with E-state index in [9.17, 15) is 9.59 Å². The molecule has 2 heterocycles. The molecule has 0 radical (unpaired) electrons. The molecule has 34 heavy (non-hydrogen) atoms. The first-order chi connectivity index (χ1) is 16.5. The summed E-state index contributed by atoms with van der Waals surface area (Å²) in [6.45, 7) is 2.02. The highest BCUT2D eigenvalue weighted by atomic mass is 35.5. The fraction of sp³-hybridized carbons (Fsp3) is 0.0370. The van der Waals surface area contributed by atoms with Crippen molar-refractivity contribution in [3.8, 4) is 11.3 Å². The first kappa shape index (κ1) is 21.6. The van der Waals surface area contributed by atoms with Crippen molar-refractivity contribution >= 4 is 34.6 Å². The van der Waals surface area contributed by atoms with Crippen LogP contribution in [0.2, 0.25) is 5.02 Å². The highest BCUT2D eigenvalue weighted by Gasteiger charge is 2.20. The van der Waals surface area contributed by atoms with Gasteiger partial charge in [-0.1, -0.05) is 71.8 Å². The molecule has 7 heteroatoms. The quantitative estimate of drug-likeness (QED) is 0.330. The van der Waals surface area contributed by atoms with Crippen LogP contribution in [-0.4, -0.2) is 26.3 Å². The van der Waals surface area contributed by atoms with E-state index >= 15 is 0 Å². The number of fused-ring (bicyclic) bond motifs is 1. The van der Waals surface area contributed by atoms with Crippen LogP contribution in [0.5, 0.6) is 0 Å². The lowest BCUT2D eigenvalue weighted by Crippen LogP contribution is -2.15. The number of halogens is 1. The lowest BCUT2D eigenvalue weighted by molar-refractivity contribution is 0.102. The Morgan fingerprint density at radius 2 is 1.68 bits per heavy atom. The van der Waals surface area contributed by atoms with Gasteiger partial charge in [0.15, 0.2) is 11.4 Å². The van der Waals surface area contributed by atoms with Gasteiger partial charge in [-0.05, 0) is 31.2 Å². The van der Waals surface area contributed by atoms with Crippen LogP contribution in [0.25, 0.3) is 16.9 Å². The Kier molecular flexibility index (Phi) is 5.65. The Morgan fingerprint density at radius 1 is 0.912 bits per heavy atom. The summed E-state index contributed by atoms with van der Waals surface area (Å²) >= 11 is 6.16. The van der Waals surface area contributed by atoms with Crippen LogP contribution in [0, 0.1) is 6.92 Å². The zero-order valence-electron chi connectivity index (χ0n) is 18.2. The van der Waals surface area contributed by atoms with Gasteiger partial charge in [0.25, 0.3) is 5.91 Å². The summed E-state index contributed by atoms with van der Waals surface area (Å²) in [4.78, 5) is 30.7. The lowest BCUT2D eigenvalue weighted by Gasteiger charge is -2.11. The molecular weight excluding hydrogens is 448 g/mol. The molecule has 0 saturated heterocycles. The molecule has 3 aromatic carbocycles. The number of amides is 1. The zero-order valence-corrected chi connectivity index (χ0v) is 19.0. The summed E-state index contributed by atoms with van der Waals surface area (Å²) in [5.74, 6) is -0.661. The normalized spacial score (nSPS) is 10.9. The molecule has 1 N–H and O–H groups in total. The second-order valence-corrected chi connectivity index (χ2v) is 8.27. The molecule has 0 unspecified atom stereocenters. The van der Waals surface area contributed by atoms with Crippen LogP contribution in [0.15, 0.2) is 91.3 Å². The Balaban J connectivity index is 1.50. The number of nitrogens with zero attached hydrogens (tertiary/aromatic N) is 3. The summed E-state index contributed by atoms with van der Waals surface area (Å²) < 4.78 is 1.64. The van der Waals surface area contributed by atoms with E-state index in [1.54, 1.807) is 53.2 Å². The number of carbonyl (C=O) groups is 2. The Labute approximate surface area is 200 Å². The van der Waals surface area contributed by atoms with Gasteiger partial charge in [-0.15, -0.1) is 0 Å². The third-order valence-corrected chi connectivity index (χ3v) is 5.74. The maximum atomic E-state index is 13.2. The van der Waals surface area contributed by atoms with Gasteiger partial charge < -0.3 is 5.32 Å². The summed E-state index contributed by atoms with van der Waals surface area (Å²) in [6, 6.07) is 23.5. The zero-order chi connectivity index (χ0) is 23.7. The van der Waals surface area contributed by atoms with Crippen LogP contribution < -0.4 is 5.32 Å². The number of aryl methyl sites for hydroxylation is 1. The van der Waals surface area contributed by atoms with Crippen LogP contribution in [0.1, 0.15) is 31.8 Å². The maximum Gasteiger partial charge on any atom is 0.261 e. The minimum atomic E-state index is -0.423. The highest BCUT2D eigenvalue weighted by molar-refractivity contribution is 6.31. The lowest BCUT2D eigenvalue weighted by atomic mass is 10.0. The molecule has 0 fully saturated rings. The fourth-order valence-corrected chi connectivity index (χ4v) is 3.91. The van der Waals surface area contributed by atoms with Gasteiger partial charge in [0.1, 0.15) is 5.56 Å². The molecule has 2 aromatic heterocycles. The van der Waals surface area contributed by atoms with Crippen molar-refractivity contribution in [3.63, 3.8) is 0 Å². The van der Waals surface area contributed by atoms with E-state index in [-0.39, 0.29) is 5.78 Å². The monoisotopic (exact) mass is 466 g/mol. The second kappa shape index (κ2) is 8.92. The van der Waals surface area contributed by atoms with Gasteiger partial charge in [0.2, 0.25) is 0 Å². The van der Waals surface area contributed by atoms with Crippen LogP contribution in [-0.2, 0) is 0 Å². The average Bonchev–Trinajstić information content (AvgIpc) is 3.30. The van der Waals surface area contributed by atoms with Gasteiger partial charge in [0, 0.05) is 27.9 Å². The summed E-state index contributed by atoms with van der Waals surface area (Å²) in [5.41, 5.74) is 4.80. The fourth-order valence-electron chi connectivity index (χ4n) is 3.74. The number of nitrogens with one attached hydrogen (secondary N) is 1. The van der Waals surface area contributed by atoms with Gasteiger partial charge in [-0.3, -0.25) is 9.59 Å². The van der Waals surface area contributed by atoms with Crippen LogP contribution in [0.3, 0.4) is 0 Å². The van der Waals surface area contributed by atoms with Gasteiger partial charge in [-0.25, -0.2) is 9.50 Å². The number of hydrogen-bond acceptors (Lipinski definition) is 4. The molecule has 5 aromatic rings. The summed E-state index contributed by atoms with van der Waals surface area (Å²) in [6.07, 6.45) is 3.12. The Morgan fingerprint density at radius 3 is 2.44 bits per heavy atom. The summed E-state index contributed by atoms with van der Waals surface area (Å²) in [5, 5.41) is 7.64. The van der Waals surface area contributed by atoms with Crippen molar-refractivity contribution in [3.05, 3.63) is 119 Å². The SMILES string of the molecule is Cc1ccc(-c2ccnc3c(C(=O)Nc4ccc(Cl)cc4C(=O)c4ccccc4)cnn23)cc1. The molecule has 0 saturated carbocycles. The van der Waals surface area contributed by atoms with E-state index in [2.05, 4.69) is 15.4 Å². The van der Waals surface area contributed by atoms with Crippen molar-refractivity contribution in [1.29, 1.82) is 0 Å². The Bertz CT molecular complexity index is 1530. The minimum Gasteiger partial charge on any atom is -0.321 e. The molecule has 6 nitrogen and oxygen atoms in total. The minimum absolute atomic E-state index is 0.238. The van der Waals surface area contributed by atoms with E-state index in [1.807, 2.05) is 43.3 Å². The van der Waals surface area contributed by atoms with E-state index in [0.29, 0.717) is 33.0 Å². The largest absolute Gasteiger partial charge is 0.321 e. The van der Waals surface area contributed by atoms with Gasteiger partial charge in [-0.2, -0.15) is 5.10 Å². The number of aromatic nitrogens is 3. The topological polar surface area (TPSA) is 76.4 Å². The van der Waals surface area contributed by atoms with Crippen molar-refractivity contribution in [2.24, 2.45) is 0 Å². The third-order valence-electron chi connectivity index (χ3n) is 5.50. The Hall–Kier alpha value is -4.29. The van der Waals surface area contributed by atoms with Crippen molar-refractivity contribution < 1.29 is 9.59 Å². The van der Waals surface area contributed by atoms with Crippen LogP contribution in [0.4, 0.5) is 5.69 Å². The molecule has 0 atom stereocenters. The van der Waals surface area contributed by atoms with E-state index in [0.717, 1.165) is 16.8 Å². The van der Waals surface area contributed by atoms with Crippen molar-refractivity contribution in [2.75, 3.05) is 5.32 Å². The predicted molar refractivity (Wildman–Crippen MR) is 132 cm³/mol. The van der Waals surface area contributed by atoms with Gasteiger partial charge >= 0.3 is 0 Å². The van der Waals surface area contributed by atoms with E-state index in [1.165, 1.54) is 6.20 Å². The van der Waals surface area contributed by atoms with Crippen molar-refractivity contribution in [2.45, 2.75) is 6.92 Å². The molecule has 0 spiro atoms. The molecule has 1 amide bonds. The maximum absolute atomic E-state index is 13.2. The smallest absolute Gasteiger partial charge is 0.261 e.